The quantitative estimate of drug-likeness (QED) is 0.0963. The van der Waals surface area contributed by atoms with Gasteiger partial charge in [0.15, 0.2) is 5.82 Å². The first kappa shape index (κ1) is 38.9. The summed E-state index contributed by atoms with van der Waals surface area (Å²) in [5, 5.41) is 25.4. The monoisotopic (exact) mass is 790 g/mol. The Bertz CT molecular complexity index is 2150. The summed E-state index contributed by atoms with van der Waals surface area (Å²) in [7, 11) is 3.35. The number of nitrogens with one attached hydrogen (secondary N) is 2. The van der Waals surface area contributed by atoms with Crippen molar-refractivity contribution < 1.29 is 28.9 Å². The predicted octanol–water partition coefficient (Wildman–Crippen LogP) is 7.38. The van der Waals surface area contributed by atoms with Crippen LogP contribution in [0.25, 0.3) is 23.0 Å². The number of aliphatic carboxylic acids is 1. The van der Waals surface area contributed by atoms with Crippen LogP contribution in [-0.2, 0) is 31.4 Å². The lowest BCUT2D eigenvalue weighted by Gasteiger charge is -2.32. The number of pyridine rings is 1. The van der Waals surface area contributed by atoms with Gasteiger partial charge in [-0.3, -0.25) is 19.5 Å². The highest BCUT2D eigenvalue weighted by Gasteiger charge is 2.57. The van der Waals surface area contributed by atoms with Crippen molar-refractivity contribution in [3.8, 4) is 16.9 Å². The molecule has 3 heterocycles. The standard InChI is InChI=1S/C41H45Cl2FN6O5/c1-49-33-9-16-50(17-14-40-10-12-41(24-40,13-11-40)39(53)54)23-32(33)47-37(49)38(52)48-30-8-4-7-28(36(30)43)27-6-3-5-25(35(27)42)19-29(44)31-20-34(55-2)26(22-46-31)21-45-15-18-51/h3-8,19-20,22,45,51H,9-18,21,23-24H2,1-2H3,(H,48,52)(H,53,54)/b29-19-. The van der Waals surface area contributed by atoms with E-state index in [0.717, 1.165) is 75.0 Å². The van der Waals surface area contributed by atoms with Crippen molar-refractivity contribution in [1.29, 1.82) is 0 Å². The molecule has 0 saturated heterocycles. The van der Waals surface area contributed by atoms with Gasteiger partial charge in [0.1, 0.15) is 17.3 Å². The summed E-state index contributed by atoms with van der Waals surface area (Å²) in [5.74, 6) is -0.912. The van der Waals surface area contributed by atoms with Gasteiger partial charge in [-0.1, -0.05) is 53.5 Å². The van der Waals surface area contributed by atoms with Gasteiger partial charge in [0, 0.05) is 74.3 Å². The van der Waals surface area contributed by atoms with Crippen molar-refractivity contribution in [1.82, 2.24) is 24.8 Å². The van der Waals surface area contributed by atoms with E-state index < -0.39 is 23.1 Å². The van der Waals surface area contributed by atoms with E-state index in [1.165, 1.54) is 25.4 Å². The van der Waals surface area contributed by atoms with Crippen LogP contribution in [0.1, 0.15) is 77.4 Å². The van der Waals surface area contributed by atoms with E-state index in [1.807, 2.05) is 11.6 Å². The predicted molar refractivity (Wildman–Crippen MR) is 211 cm³/mol. The molecule has 2 bridgehead atoms. The van der Waals surface area contributed by atoms with Gasteiger partial charge < -0.3 is 30.2 Å². The third-order valence-corrected chi connectivity index (χ3v) is 12.6. The van der Waals surface area contributed by atoms with Gasteiger partial charge in [-0.05, 0) is 68.2 Å². The maximum Gasteiger partial charge on any atom is 0.309 e. The number of nitrogens with zero attached hydrogens (tertiary/aromatic N) is 4. The number of carbonyl (C=O) groups excluding carboxylic acids is 1. The molecule has 0 spiro atoms. The Hall–Kier alpha value is -4.33. The molecule has 2 aromatic carbocycles. The summed E-state index contributed by atoms with van der Waals surface area (Å²) >= 11 is 13.8. The number of halogens is 3. The number of rotatable bonds is 14. The summed E-state index contributed by atoms with van der Waals surface area (Å²) < 4.78 is 22.9. The molecule has 4 aromatic rings. The van der Waals surface area contributed by atoms with E-state index in [-0.39, 0.29) is 33.6 Å². The number of anilines is 1. The van der Waals surface area contributed by atoms with Crippen molar-refractivity contribution in [2.75, 3.05) is 38.7 Å². The van der Waals surface area contributed by atoms with E-state index in [1.54, 1.807) is 36.4 Å². The van der Waals surface area contributed by atoms with Crippen LogP contribution in [0.2, 0.25) is 10.0 Å². The number of ether oxygens (including phenoxy) is 1. The lowest BCUT2D eigenvalue weighted by molar-refractivity contribution is -0.148. The molecule has 1 aliphatic heterocycles. The van der Waals surface area contributed by atoms with Gasteiger partial charge in [0.05, 0.1) is 40.6 Å². The van der Waals surface area contributed by atoms with Crippen molar-refractivity contribution in [2.24, 2.45) is 17.9 Å². The number of amides is 1. The van der Waals surface area contributed by atoms with Crippen LogP contribution in [0.15, 0.2) is 48.7 Å². The van der Waals surface area contributed by atoms with E-state index >= 15 is 4.39 Å². The number of carboxylic acids is 1. The minimum absolute atomic E-state index is 0.00983. The minimum Gasteiger partial charge on any atom is -0.496 e. The van der Waals surface area contributed by atoms with Gasteiger partial charge in [-0.25, -0.2) is 9.37 Å². The van der Waals surface area contributed by atoms with Crippen LogP contribution in [0.4, 0.5) is 10.1 Å². The zero-order valence-electron chi connectivity index (χ0n) is 30.9. The summed E-state index contributed by atoms with van der Waals surface area (Å²) in [6.45, 7) is 3.16. The molecule has 4 N–H and O–H groups in total. The molecule has 7 rings (SSSR count). The number of benzene rings is 2. The van der Waals surface area contributed by atoms with Gasteiger partial charge in [0.2, 0.25) is 0 Å². The first-order valence-corrected chi connectivity index (χ1v) is 19.3. The molecule has 2 saturated carbocycles. The zero-order valence-corrected chi connectivity index (χ0v) is 32.4. The Morgan fingerprint density at radius 1 is 1.09 bits per heavy atom. The Morgan fingerprint density at radius 2 is 1.84 bits per heavy atom. The van der Waals surface area contributed by atoms with Crippen LogP contribution in [0.3, 0.4) is 0 Å². The fraction of sp³-hybridized carbons (Fsp3) is 0.415. The first-order chi connectivity index (χ1) is 26.5. The number of carbonyl (C=O) groups is 2. The number of carboxylic acid groups (broad SMARTS) is 1. The maximum absolute atomic E-state index is 15.6. The molecule has 2 aliphatic carbocycles. The first-order valence-electron chi connectivity index (χ1n) is 18.6. The fourth-order valence-electron chi connectivity index (χ4n) is 8.64. The third-order valence-electron chi connectivity index (χ3n) is 11.8. The van der Waals surface area contributed by atoms with Crippen LogP contribution >= 0.6 is 23.2 Å². The highest BCUT2D eigenvalue weighted by atomic mass is 35.5. The molecule has 1 amide bonds. The Kier molecular flexibility index (Phi) is 11.3. The molecular formula is C41H45Cl2FN6O5. The van der Waals surface area contributed by atoms with Gasteiger partial charge in [0.25, 0.3) is 5.91 Å². The number of methoxy groups -OCH3 is 1. The van der Waals surface area contributed by atoms with E-state index in [4.69, 9.17) is 38.0 Å². The average Bonchev–Trinajstić information content (AvgIpc) is 3.87. The molecule has 11 nitrogen and oxygen atoms in total. The Labute approximate surface area is 329 Å². The second-order valence-corrected chi connectivity index (χ2v) is 15.8. The van der Waals surface area contributed by atoms with Crippen molar-refractivity contribution >= 4 is 52.7 Å². The summed E-state index contributed by atoms with van der Waals surface area (Å²) in [5.41, 5.74) is 4.19. The normalized spacial score (nSPS) is 20.8. The Balaban J connectivity index is 1.04. The lowest BCUT2D eigenvalue weighted by atomic mass is 9.80. The summed E-state index contributed by atoms with van der Waals surface area (Å²) in [6, 6.07) is 12.0. The topological polar surface area (TPSA) is 142 Å². The van der Waals surface area contributed by atoms with Gasteiger partial charge in [-0.15, -0.1) is 0 Å². The molecule has 0 unspecified atom stereocenters. The summed E-state index contributed by atoms with van der Waals surface area (Å²) in [4.78, 5) is 37.0. The molecule has 3 aliphatic rings. The van der Waals surface area contributed by atoms with Crippen molar-refractivity contribution in [3.63, 3.8) is 0 Å². The number of aliphatic hydroxyl groups is 1. The number of fused-ring (bicyclic) bond motifs is 3. The molecule has 2 fully saturated rings. The van der Waals surface area contributed by atoms with E-state index in [0.29, 0.717) is 47.8 Å². The number of hydrogen-bond acceptors (Lipinski definition) is 8. The summed E-state index contributed by atoms with van der Waals surface area (Å²) in [6.07, 6.45) is 8.89. The van der Waals surface area contributed by atoms with Crippen molar-refractivity contribution in [3.05, 3.63) is 92.7 Å². The largest absolute Gasteiger partial charge is 0.496 e. The van der Waals surface area contributed by atoms with Crippen molar-refractivity contribution in [2.45, 2.75) is 58.0 Å². The number of aromatic nitrogens is 3. The fourth-order valence-corrected chi connectivity index (χ4v) is 9.20. The molecule has 14 heteroatoms. The maximum atomic E-state index is 15.6. The molecule has 2 aromatic heterocycles. The number of aliphatic hydroxyl groups excluding tert-OH is 1. The number of hydrogen-bond donors (Lipinski definition) is 4. The molecular weight excluding hydrogens is 746 g/mol. The van der Waals surface area contributed by atoms with Gasteiger partial charge >= 0.3 is 5.97 Å². The lowest BCUT2D eigenvalue weighted by Crippen LogP contribution is -2.34. The highest BCUT2D eigenvalue weighted by Crippen LogP contribution is 2.63. The average molecular weight is 792 g/mol. The van der Waals surface area contributed by atoms with Crippen LogP contribution in [-0.4, -0.2) is 74.9 Å². The second kappa shape index (κ2) is 16.0. The Morgan fingerprint density at radius 3 is 2.55 bits per heavy atom. The zero-order chi connectivity index (χ0) is 38.9. The molecule has 55 heavy (non-hydrogen) atoms. The smallest absolute Gasteiger partial charge is 0.309 e. The van der Waals surface area contributed by atoms with Crippen LogP contribution in [0, 0.1) is 10.8 Å². The van der Waals surface area contributed by atoms with E-state index in [2.05, 4.69) is 20.5 Å². The molecule has 290 valence electrons. The third kappa shape index (κ3) is 7.75. The minimum atomic E-state index is -0.636. The van der Waals surface area contributed by atoms with Crippen LogP contribution in [0.5, 0.6) is 5.75 Å². The SMILES string of the molecule is COc1cc(/C(F)=C/c2cccc(-c3cccc(NC(=O)c4nc5c(n4C)CCN(CCC46CCC(C(=O)O)(CC4)C6)C5)c3Cl)c2Cl)ncc1CNCCO. The van der Waals surface area contributed by atoms with Gasteiger partial charge in [-0.2, -0.15) is 0 Å². The molecule has 0 radical (unpaired) electrons. The second-order valence-electron chi connectivity index (χ2n) is 15.0. The highest BCUT2D eigenvalue weighted by molar-refractivity contribution is 6.39. The van der Waals surface area contributed by atoms with Crippen LogP contribution < -0.4 is 15.4 Å². The molecule has 0 atom stereocenters. The number of imidazole rings is 1. The van der Waals surface area contributed by atoms with E-state index in [9.17, 15) is 14.7 Å².